The van der Waals surface area contributed by atoms with Crippen molar-refractivity contribution in [1.82, 2.24) is 0 Å². The summed E-state index contributed by atoms with van der Waals surface area (Å²) >= 11 is 0. The van der Waals surface area contributed by atoms with Gasteiger partial charge in [0.05, 0.1) is 7.85 Å². The molecular weight excluding hydrogens is 131 g/mol. The Kier molecular flexibility index (Phi) is 2.59. The van der Waals surface area contributed by atoms with Crippen LogP contribution in [0, 0.1) is 0 Å². The Hall–Kier alpha value is -0.455. The van der Waals surface area contributed by atoms with E-state index in [1.165, 1.54) is 12.0 Å². The van der Waals surface area contributed by atoms with Crippen LogP contribution in [-0.2, 0) is 0 Å². The van der Waals surface area contributed by atoms with E-state index in [1.807, 2.05) is 0 Å². The molecule has 0 aromatic rings. The van der Waals surface area contributed by atoms with Crippen molar-refractivity contribution in [3.63, 3.8) is 0 Å². The highest BCUT2D eigenvalue weighted by atomic mass is 14.2. The van der Waals surface area contributed by atoms with Crippen molar-refractivity contribution < 1.29 is 0 Å². The van der Waals surface area contributed by atoms with Crippen molar-refractivity contribution in [1.29, 1.82) is 0 Å². The number of hydrogen-bond donors (Lipinski definition) is 0. The minimum atomic E-state index is -0.114. The molecule has 0 saturated heterocycles. The number of hydrogen-bond acceptors (Lipinski definition) is 0. The molecule has 1 rings (SSSR count). The van der Waals surface area contributed by atoms with Crippen molar-refractivity contribution in [2.24, 2.45) is 0 Å². The predicted octanol–water partition coefficient (Wildman–Crippen LogP) is 3.02. The van der Waals surface area contributed by atoms with E-state index >= 15 is 0 Å². The molecule has 0 saturated carbocycles. The molecule has 0 amide bonds. The summed E-state index contributed by atoms with van der Waals surface area (Å²) in [5, 5.41) is -0.114. The third-order valence-electron chi connectivity index (χ3n) is 2.39. The molecule has 1 aliphatic carbocycles. The van der Waals surface area contributed by atoms with E-state index < -0.39 is 0 Å². The van der Waals surface area contributed by atoms with Gasteiger partial charge in [0, 0.05) is 0 Å². The molecule has 11 heavy (non-hydrogen) atoms. The SMILES string of the molecule is [B]C(C)(CC)C1=CCCC=C1. The minimum Gasteiger partial charge on any atom is -0.0840 e. The van der Waals surface area contributed by atoms with Crippen LogP contribution in [0.3, 0.4) is 0 Å². The first-order chi connectivity index (χ1) is 5.17. The van der Waals surface area contributed by atoms with E-state index in [4.69, 9.17) is 7.85 Å². The lowest BCUT2D eigenvalue weighted by molar-refractivity contribution is 0.688. The Morgan fingerprint density at radius 2 is 2.27 bits per heavy atom. The van der Waals surface area contributed by atoms with Crippen LogP contribution in [0.4, 0.5) is 0 Å². The second-order valence-electron chi connectivity index (χ2n) is 3.41. The Morgan fingerprint density at radius 1 is 1.55 bits per heavy atom. The molecule has 0 spiro atoms. The average molecular weight is 146 g/mol. The molecule has 0 bridgehead atoms. The predicted molar refractivity (Wildman–Crippen MR) is 50.9 cm³/mol. The first kappa shape index (κ1) is 8.64. The summed E-state index contributed by atoms with van der Waals surface area (Å²) in [5.74, 6) is 0. The topological polar surface area (TPSA) is 0 Å². The fraction of sp³-hybridized carbons (Fsp3) is 0.600. The second-order valence-corrected chi connectivity index (χ2v) is 3.41. The first-order valence-electron chi connectivity index (χ1n) is 4.33. The largest absolute Gasteiger partial charge is 0.0840 e. The van der Waals surface area contributed by atoms with Gasteiger partial charge in [-0.25, -0.2) is 0 Å². The molecule has 0 aromatic carbocycles. The van der Waals surface area contributed by atoms with E-state index in [9.17, 15) is 0 Å². The maximum atomic E-state index is 6.07. The minimum absolute atomic E-state index is 0.114. The van der Waals surface area contributed by atoms with Gasteiger partial charge in [-0.2, -0.15) is 0 Å². The fourth-order valence-electron chi connectivity index (χ4n) is 1.24. The molecule has 0 heterocycles. The summed E-state index contributed by atoms with van der Waals surface area (Å²) in [7, 11) is 6.07. The van der Waals surface area contributed by atoms with Crippen LogP contribution in [0.15, 0.2) is 23.8 Å². The van der Waals surface area contributed by atoms with Crippen molar-refractivity contribution in [3.05, 3.63) is 23.8 Å². The monoisotopic (exact) mass is 146 g/mol. The molecule has 0 fully saturated rings. The third-order valence-corrected chi connectivity index (χ3v) is 2.39. The van der Waals surface area contributed by atoms with Gasteiger partial charge in [0.1, 0.15) is 0 Å². The summed E-state index contributed by atoms with van der Waals surface area (Å²) in [6.07, 6.45) is 9.94. The lowest BCUT2D eigenvalue weighted by Gasteiger charge is -2.26. The van der Waals surface area contributed by atoms with Gasteiger partial charge >= 0.3 is 0 Å². The fourth-order valence-corrected chi connectivity index (χ4v) is 1.24. The van der Waals surface area contributed by atoms with E-state index in [2.05, 4.69) is 32.1 Å². The van der Waals surface area contributed by atoms with E-state index in [1.54, 1.807) is 0 Å². The summed E-state index contributed by atoms with van der Waals surface area (Å²) in [6, 6.07) is 0. The molecule has 1 atom stereocenters. The lowest BCUT2D eigenvalue weighted by Crippen LogP contribution is -2.09. The van der Waals surface area contributed by atoms with E-state index in [-0.39, 0.29) is 5.31 Å². The van der Waals surface area contributed by atoms with Crippen LogP contribution >= 0.6 is 0 Å². The van der Waals surface area contributed by atoms with Gasteiger partial charge in [-0.05, 0) is 18.2 Å². The molecule has 58 valence electrons. The molecule has 1 aliphatic rings. The number of rotatable bonds is 2. The Morgan fingerprint density at radius 3 is 2.73 bits per heavy atom. The van der Waals surface area contributed by atoms with Gasteiger partial charge in [0.15, 0.2) is 0 Å². The molecule has 1 heteroatoms. The first-order valence-corrected chi connectivity index (χ1v) is 4.33. The highest BCUT2D eigenvalue weighted by Gasteiger charge is 2.18. The van der Waals surface area contributed by atoms with Crippen molar-refractivity contribution in [2.75, 3.05) is 0 Å². The van der Waals surface area contributed by atoms with Crippen LogP contribution in [0.5, 0.6) is 0 Å². The second kappa shape index (κ2) is 3.29. The summed E-state index contributed by atoms with van der Waals surface area (Å²) in [5.41, 5.74) is 1.30. The Balaban J connectivity index is 2.73. The van der Waals surface area contributed by atoms with Gasteiger partial charge in [0.2, 0.25) is 0 Å². The zero-order chi connectivity index (χ0) is 8.32. The van der Waals surface area contributed by atoms with Crippen LogP contribution in [0.1, 0.15) is 33.1 Å². The molecule has 0 aliphatic heterocycles. The average Bonchev–Trinajstić information content (AvgIpc) is 2.06. The van der Waals surface area contributed by atoms with E-state index in [0.717, 1.165) is 12.8 Å². The van der Waals surface area contributed by atoms with Gasteiger partial charge < -0.3 is 0 Å². The third kappa shape index (κ3) is 1.98. The highest BCUT2D eigenvalue weighted by molar-refractivity contribution is 6.17. The molecule has 1 unspecified atom stereocenters. The zero-order valence-corrected chi connectivity index (χ0v) is 7.43. The van der Waals surface area contributed by atoms with Gasteiger partial charge in [-0.15, -0.1) is 0 Å². The molecule has 2 radical (unpaired) electrons. The van der Waals surface area contributed by atoms with Crippen molar-refractivity contribution in [3.8, 4) is 0 Å². The van der Waals surface area contributed by atoms with Crippen LogP contribution in [0.2, 0.25) is 5.31 Å². The zero-order valence-electron chi connectivity index (χ0n) is 7.43. The maximum Gasteiger partial charge on any atom is 0.0806 e. The van der Waals surface area contributed by atoms with Crippen LogP contribution in [0.25, 0.3) is 0 Å². The maximum absolute atomic E-state index is 6.07. The normalized spacial score (nSPS) is 22.5. The van der Waals surface area contributed by atoms with Gasteiger partial charge in [0.25, 0.3) is 0 Å². The summed E-state index contributed by atoms with van der Waals surface area (Å²) in [4.78, 5) is 0. The summed E-state index contributed by atoms with van der Waals surface area (Å²) in [6.45, 7) is 4.22. The number of allylic oxidation sites excluding steroid dienone is 4. The Labute approximate surface area is 70.8 Å². The molecule has 0 nitrogen and oxygen atoms in total. The smallest absolute Gasteiger partial charge is 0.0806 e. The molecular formula is C10H15B. The van der Waals surface area contributed by atoms with Crippen molar-refractivity contribution >= 4 is 7.85 Å². The van der Waals surface area contributed by atoms with Gasteiger partial charge in [-0.1, -0.05) is 44.1 Å². The lowest BCUT2D eigenvalue weighted by atomic mass is 9.63. The van der Waals surface area contributed by atoms with Crippen LogP contribution in [-0.4, -0.2) is 7.85 Å². The molecule has 0 N–H and O–H groups in total. The van der Waals surface area contributed by atoms with Crippen molar-refractivity contribution in [2.45, 2.75) is 38.4 Å². The van der Waals surface area contributed by atoms with E-state index in [0.29, 0.717) is 0 Å². The standard InChI is InChI=1S/C10H15B/c1-3-10(2,11)9-7-5-4-6-8-9/h5,7-8H,3-4,6H2,1-2H3. The summed E-state index contributed by atoms with van der Waals surface area (Å²) < 4.78 is 0. The van der Waals surface area contributed by atoms with Gasteiger partial charge in [-0.3, -0.25) is 0 Å². The molecule has 0 aromatic heterocycles. The Bertz CT molecular complexity index is 187. The van der Waals surface area contributed by atoms with Crippen LogP contribution < -0.4 is 0 Å². The highest BCUT2D eigenvalue weighted by Crippen LogP contribution is 2.37. The quantitative estimate of drug-likeness (QED) is 0.525.